The number of allylic oxidation sites excluding steroid dienone is 5. The van der Waals surface area contributed by atoms with Gasteiger partial charge in [0, 0.05) is 33.1 Å². The molecule has 2 nitrogen and oxygen atoms in total. The summed E-state index contributed by atoms with van der Waals surface area (Å²) in [5.41, 5.74) is 10.6. The predicted molar refractivity (Wildman–Crippen MR) is 183 cm³/mol. The van der Waals surface area contributed by atoms with Crippen LogP contribution in [0.1, 0.15) is 45.9 Å². The molecule has 2 aromatic heterocycles. The molecule has 0 N–H and O–H groups in total. The molecule has 0 saturated carbocycles. The first-order chi connectivity index (χ1) is 20.2. The highest BCUT2D eigenvalue weighted by Gasteiger charge is 2.17. The number of para-hydroxylation sites is 2. The quantitative estimate of drug-likeness (QED) is 0.188. The van der Waals surface area contributed by atoms with Gasteiger partial charge in [0.25, 0.3) is 0 Å². The van der Waals surface area contributed by atoms with Gasteiger partial charge in [0.15, 0.2) is 0 Å². The van der Waals surface area contributed by atoms with Crippen LogP contribution in [0.3, 0.4) is 0 Å². The van der Waals surface area contributed by atoms with Crippen molar-refractivity contribution in [2.45, 2.75) is 34.6 Å². The number of hydrogen-bond acceptors (Lipinski definition) is 0. The molecular formula is C39H38N2. The first-order valence-corrected chi connectivity index (χ1v) is 14.5. The lowest BCUT2D eigenvalue weighted by Crippen LogP contribution is -1.97. The van der Waals surface area contributed by atoms with Crippen LogP contribution >= 0.6 is 0 Å². The van der Waals surface area contributed by atoms with Gasteiger partial charge in [-0.3, -0.25) is 0 Å². The summed E-state index contributed by atoms with van der Waals surface area (Å²) < 4.78 is 4.66. The van der Waals surface area contributed by atoms with Crippen LogP contribution in [0.15, 0.2) is 122 Å². The lowest BCUT2D eigenvalue weighted by Gasteiger charge is -2.10. The molecule has 0 aliphatic heterocycles. The molecule has 6 aromatic rings. The van der Waals surface area contributed by atoms with Gasteiger partial charge in [-0.25, -0.2) is 0 Å². The molecular weight excluding hydrogens is 496 g/mol. The molecule has 4 aromatic carbocycles. The van der Waals surface area contributed by atoms with E-state index in [0.29, 0.717) is 0 Å². The maximum absolute atomic E-state index is 4.17. The fourth-order valence-electron chi connectivity index (χ4n) is 5.81. The van der Waals surface area contributed by atoms with Gasteiger partial charge in [-0.15, -0.1) is 0 Å². The lowest BCUT2D eigenvalue weighted by atomic mass is 10.00. The first kappa shape index (κ1) is 27.7. The maximum Gasteiger partial charge on any atom is 0.0541 e. The zero-order valence-corrected chi connectivity index (χ0v) is 24.7. The van der Waals surface area contributed by atoms with Crippen LogP contribution < -0.4 is 0 Å². The number of aromatic nitrogens is 2. The van der Waals surface area contributed by atoms with E-state index in [1.165, 1.54) is 55.1 Å². The van der Waals surface area contributed by atoms with E-state index < -0.39 is 0 Å². The Hall–Kier alpha value is -4.82. The second kappa shape index (κ2) is 12.1. The normalized spacial score (nSPS) is 12.1. The molecule has 6 rings (SSSR count). The van der Waals surface area contributed by atoms with Gasteiger partial charge < -0.3 is 9.13 Å². The summed E-state index contributed by atoms with van der Waals surface area (Å²) >= 11 is 0. The van der Waals surface area contributed by atoms with Crippen molar-refractivity contribution < 1.29 is 0 Å². The summed E-state index contributed by atoms with van der Waals surface area (Å²) in [5, 5.41) is 3.74. The Morgan fingerprint density at radius 1 is 0.659 bits per heavy atom. The van der Waals surface area contributed by atoms with Gasteiger partial charge in [0.2, 0.25) is 0 Å². The van der Waals surface area contributed by atoms with E-state index in [0.717, 1.165) is 11.4 Å². The van der Waals surface area contributed by atoms with Crippen molar-refractivity contribution in [1.29, 1.82) is 0 Å². The molecule has 0 unspecified atom stereocenters. The van der Waals surface area contributed by atoms with Crippen LogP contribution in [0.2, 0.25) is 0 Å². The Morgan fingerprint density at radius 2 is 1.29 bits per heavy atom. The van der Waals surface area contributed by atoms with Crippen molar-refractivity contribution in [3.05, 3.63) is 133 Å². The minimum atomic E-state index is 1.10. The molecule has 204 valence electrons. The molecule has 2 heteroatoms. The van der Waals surface area contributed by atoms with Crippen molar-refractivity contribution in [3.8, 4) is 16.8 Å². The molecule has 41 heavy (non-hydrogen) atoms. The molecule has 0 atom stereocenters. The van der Waals surface area contributed by atoms with E-state index >= 15 is 0 Å². The minimum absolute atomic E-state index is 1.10. The Balaban J connectivity index is 0.00000165. The zero-order chi connectivity index (χ0) is 28.9. The van der Waals surface area contributed by atoms with E-state index in [1.54, 1.807) is 0 Å². The van der Waals surface area contributed by atoms with Gasteiger partial charge in [0.1, 0.15) is 0 Å². The summed E-state index contributed by atoms with van der Waals surface area (Å²) in [6, 6.07) is 33.0. The highest BCUT2D eigenvalue weighted by Crippen LogP contribution is 2.38. The van der Waals surface area contributed by atoms with Crippen LogP contribution in [0.25, 0.3) is 67.4 Å². The summed E-state index contributed by atoms with van der Waals surface area (Å²) in [6.45, 7) is 14.4. The molecule has 0 bridgehead atoms. The highest BCUT2D eigenvalue weighted by molar-refractivity contribution is 6.10. The average molecular weight is 535 g/mol. The largest absolute Gasteiger partial charge is 0.310 e. The van der Waals surface area contributed by atoms with Gasteiger partial charge in [-0.05, 0) is 86.5 Å². The third kappa shape index (κ3) is 4.76. The summed E-state index contributed by atoms with van der Waals surface area (Å²) in [5.74, 6) is 0. The van der Waals surface area contributed by atoms with Crippen molar-refractivity contribution in [2.75, 3.05) is 0 Å². The van der Waals surface area contributed by atoms with E-state index in [1.807, 2.05) is 19.9 Å². The number of fused-ring (bicyclic) bond motifs is 4. The Morgan fingerprint density at radius 3 is 1.95 bits per heavy atom. The molecule has 0 fully saturated rings. The third-order valence-electron chi connectivity index (χ3n) is 7.48. The van der Waals surface area contributed by atoms with Crippen LogP contribution in [0, 0.1) is 0 Å². The second-order valence-corrected chi connectivity index (χ2v) is 9.70. The number of nitrogens with zero attached hydrogens (tertiary/aromatic N) is 2. The second-order valence-electron chi connectivity index (χ2n) is 9.70. The first-order valence-electron chi connectivity index (χ1n) is 14.5. The van der Waals surface area contributed by atoms with E-state index in [2.05, 4.69) is 158 Å². The Bertz CT molecular complexity index is 1940. The van der Waals surface area contributed by atoms with Crippen molar-refractivity contribution in [1.82, 2.24) is 9.13 Å². The highest BCUT2D eigenvalue weighted by atomic mass is 15.0. The van der Waals surface area contributed by atoms with Gasteiger partial charge in [0.05, 0.1) is 22.2 Å². The third-order valence-corrected chi connectivity index (χ3v) is 7.48. The van der Waals surface area contributed by atoms with Gasteiger partial charge in [-0.1, -0.05) is 93.3 Å². The van der Waals surface area contributed by atoms with E-state index in [9.17, 15) is 0 Å². The Kier molecular flexibility index (Phi) is 8.21. The standard InChI is InChI=1S/C37H32N2.C2H6/c1-5-14-28(7-3)38-34(8-4)30(15-6-2)32-24-26(20-22-36(32)38)27-21-23-37-33(25-27)31-18-12-13-19-35(31)39(37)29-16-10-9-11-17-29;1-2/h5-25H,4H2,1-3H3;1-2H3/b14-5-,15-6-,28-7+;. The van der Waals surface area contributed by atoms with E-state index in [4.69, 9.17) is 0 Å². The SMILES string of the molecule is C=Cc1c(/C=C\C)c2cc(-c3ccc4c(c3)c3ccccc3n4-c3ccccc3)ccc2n1C(/C=C\C)=C/C.CC. The van der Waals surface area contributed by atoms with Crippen LogP contribution in [-0.4, -0.2) is 9.13 Å². The van der Waals surface area contributed by atoms with Crippen LogP contribution in [-0.2, 0) is 0 Å². The maximum atomic E-state index is 4.17. The number of benzene rings is 4. The number of rotatable bonds is 6. The fourth-order valence-corrected chi connectivity index (χ4v) is 5.81. The summed E-state index contributed by atoms with van der Waals surface area (Å²) in [7, 11) is 0. The minimum Gasteiger partial charge on any atom is -0.310 e. The molecule has 0 radical (unpaired) electrons. The molecule has 2 heterocycles. The molecule has 0 spiro atoms. The Labute approximate surface area is 243 Å². The van der Waals surface area contributed by atoms with Crippen LogP contribution in [0.4, 0.5) is 0 Å². The van der Waals surface area contributed by atoms with Gasteiger partial charge in [-0.2, -0.15) is 0 Å². The molecule has 0 aliphatic rings. The van der Waals surface area contributed by atoms with Crippen LogP contribution in [0.5, 0.6) is 0 Å². The van der Waals surface area contributed by atoms with Gasteiger partial charge >= 0.3 is 0 Å². The fraction of sp³-hybridized carbons (Fsp3) is 0.128. The smallest absolute Gasteiger partial charge is 0.0541 e. The lowest BCUT2D eigenvalue weighted by molar-refractivity contribution is 1.15. The predicted octanol–water partition coefficient (Wildman–Crippen LogP) is 11.5. The monoisotopic (exact) mass is 534 g/mol. The summed E-state index contributed by atoms with van der Waals surface area (Å²) in [4.78, 5) is 0. The molecule has 0 saturated heterocycles. The number of hydrogen-bond donors (Lipinski definition) is 0. The topological polar surface area (TPSA) is 9.86 Å². The molecule has 0 aliphatic carbocycles. The zero-order valence-electron chi connectivity index (χ0n) is 24.7. The average Bonchev–Trinajstić information content (AvgIpc) is 3.53. The van der Waals surface area contributed by atoms with E-state index in [-0.39, 0.29) is 0 Å². The summed E-state index contributed by atoms with van der Waals surface area (Å²) in [6.07, 6.45) is 12.6. The van der Waals surface area contributed by atoms with Crippen molar-refractivity contribution >= 4 is 50.6 Å². The van der Waals surface area contributed by atoms with Crippen molar-refractivity contribution in [2.24, 2.45) is 0 Å². The van der Waals surface area contributed by atoms with Crippen molar-refractivity contribution in [3.63, 3.8) is 0 Å². The molecule has 0 amide bonds.